The number of rotatable bonds is 7. The first-order chi connectivity index (χ1) is 12.6. The van der Waals surface area contributed by atoms with Crippen molar-refractivity contribution in [1.29, 1.82) is 0 Å². The Balaban J connectivity index is 0.00000364. The molecule has 0 spiro atoms. The molecule has 0 fully saturated rings. The van der Waals surface area contributed by atoms with Gasteiger partial charge < -0.3 is 25.0 Å². The molecular weight excluding hydrogens is 455 g/mol. The fourth-order valence-electron chi connectivity index (χ4n) is 2.63. The second-order valence-corrected chi connectivity index (χ2v) is 6.13. The molecular formula is C20H29IN4O2. The zero-order valence-electron chi connectivity index (χ0n) is 16.6. The predicted molar refractivity (Wildman–Crippen MR) is 123 cm³/mol. The van der Waals surface area contributed by atoms with Gasteiger partial charge in [0.05, 0.1) is 14.2 Å². The van der Waals surface area contributed by atoms with Crippen molar-refractivity contribution in [3.05, 3.63) is 53.6 Å². The summed E-state index contributed by atoms with van der Waals surface area (Å²) in [5.41, 5.74) is 3.42. The van der Waals surface area contributed by atoms with Gasteiger partial charge in [-0.05, 0) is 37.4 Å². The normalized spacial score (nSPS) is 11.0. The van der Waals surface area contributed by atoms with Crippen LogP contribution in [0, 0.1) is 0 Å². The van der Waals surface area contributed by atoms with Gasteiger partial charge >= 0.3 is 0 Å². The first kappa shape index (κ1) is 23.0. The molecule has 0 aliphatic heterocycles. The molecule has 0 saturated carbocycles. The number of methoxy groups -OCH3 is 2. The minimum Gasteiger partial charge on any atom is -0.493 e. The van der Waals surface area contributed by atoms with Crippen LogP contribution >= 0.6 is 24.0 Å². The Hall–Kier alpha value is -2.00. The van der Waals surface area contributed by atoms with E-state index < -0.39 is 0 Å². The summed E-state index contributed by atoms with van der Waals surface area (Å²) in [4.78, 5) is 6.46. The summed E-state index contributed by atoms with van der Waals surface area (Å²) in [7, 11) is 9.14. The van der Waals surface area contributed by atoms with E-state index in [1.54, 1.807) is 21.3 Å². The SMILES string of the molecule is CN=C(NCc1ccccc1CN(C)C)Nc1ccc(OC)c(OC)c1.I. The third-order valence-electron chi connectivity index (χ3n) is 3.92. The minimum atomic E-state index is 0. The lowest BCUT2D eigenvalue weighted by atomic mass is 10.1. The van der Waals surface area contributed by atoms with E-state index in [-0.39, 0.29) is 24.0 Å². The highest BCUT2D eigenvalue weighted by atomic mass is 127. The number of nitrogens with zero attached hydrogens (tertiary/aromatic N) is 2. The molecule has 0 atom stereocenters. The number of aliphatic imine (C=N–C) groups is 1. The van der Waals surface area contributed by atoms with Crippen LogP contribution in [0.25, 0.3) is 0 Å². The molecule has 0 amide bonds. The van der Waals surface area contributed by atoms with Crippen LogP contribution in [-0.4, -0.2) is 46.2 Å². The number of hydrogen-bond acceptors (Lipinski definition) is 4. The maximum absolute atomic E-state index is 5.34. The van der Waals surface area contributed by atoms with E-state index in [0.29, 0.717) is 24.0 Å². The zero-order chi connectivity index (χ0) is 18.9. The van der Waals surface area contributed by atoms with Gasteiger partial charge in [0, 0.05) is 31.9 Å². The van der Waals surface area contributed by atoms with Gasteiger partial charge in [0.1, 0.15) is 0 Å². The summed E-state index contributed by atoms with van der Waals surface area (Å²) in [5.74, 6) is 2.06. The molecule has 0 heterocycles. The molecule has 2 N–H and O–H groups in total. The lowest BCUT2D eigenvalue weighted by Crippen LogP contribution is -2.30. The van der Waals surface area contributed by atoms with E-state index in [9.17, 15) is 0 Å². The first-order valence-electron chi connectivity index (χ1n) is 8.48. The van der Waals surface area contributed by atoms with Crippen LogP contribution in [0.1, 0.15) is 11.1 Å². The smallest absolute Gasteiger partial charge is 0.195 e. The van der Waals surface area contributed by atoms with Crippen LogP contribution < -0.4 is 20.1 Å². The standard InChI is InChI=1S/C20H28N4O2.HI/c1-21-20(23-17-10-11-18(25-4)19(12-17)26-5)22-13-15-8-6-7-9-16(15)14-24(2)3;/h6-12H,13-14H2,1-5H3,(H2,21,22,23);1H. The van der Waals surface area contributed by atoms with E-state index in [4.69, 9.17) is 9.47 Å². The van der Waals surface area contributed by atoms with Gasteiger partial charge in [-0.2, -0.15) is 0 Å². The van der Waals surface area contributed by atoms with Crippen molar-refractivity contribution < 1.29 is 9.47 Å². The molecule has 2 aromatic rings. The predicted octanol–water partition coefficient (Wildman–Crippen LogP) is 3.57. The number of anilines is 1. The van der Waals surface area contributed by atoms with Gasteiger partial charge in [-0.25, -0.2) is 0 Å². The topological polar surface area (TPSA) is 58.1 Å². The first-order valence-corrected chi connectivity index (χ1v) is 8.48. The van der Waals surface area contributed by atoms with Gasteiger partial charge in [-0.1, -0.05) is 24.3 Å². The van der Waals surface area contributed by atoms with Crippen LogP contribution in [0.2, 0.25) is 0 Å². The van der Waals surface area contributed by atoms with Crippen LogP contribution in [0.3, 0.4) is 0 Å². The second-order valence-electron chi connectivity index (χ2n) is 6.13. The van der Waals surface area contributed by atoms with Crippen molar-refractivity contribution in [2.24, 2.45) is 4.99 Å². The number of ether oxygens (including phenoxy) is 2. The van der Waals surface area contributed by atoms with Crippen molar-refractivity contribution in [3.63, 3.8) is 0 Å². The molecule has 7 heteroatoms. The van der Waals surface area contributed by atoms with Crippen LogP contribution in [0.5, 0.6) is 11.5 Å². The number of nitrogens with one attached hydrogen (secondary N) is 2. The highest BCUT2D eigenvalue weighted by Crippen LogP contribution is 2.29. The molecule has 0 aromatic heterocycles. The van der Waals surface area contributed by atoms with E-state index in [1.807, 2.05) is 18.2 Å². The third kappa shape index (κ3) is 6.91. The quantitative estimate of drug-likeness (QED) is 0.358. The molecule has 0 bridgehead atoms. The van der Waals surface area contributed by atoms with Gasteiger partial charge in [-0.3, -0.25) is 4.99 Å². The lowest BCUT2D eigenvalue weighted by molar-refractivity contribution is 0.355. The van der Waals surface area contributed by atoms with E-state index in [1.165, 1.54) is 11.1 Å². The summed E-state index contributed by atoms with van der Waals surface area (Å²) in [6.07, 6.45) is 0. The summed E-state index contributed by atoms with van der Waals surface area (Å²) < 4.78 is 10.6. The molecule has 0 radical (unpaired) electrons. The number of halogens is 1. The average molecular weight is 484 g/mol. The molecule has 0 aliphatic rings. The van der Waals surface area contributed by atoms with Crippen molar-refractivity contribution in [2.45, 2.75) is 13.1 Å². The summed E-state index contributed by atoms with van der Waals surface area (Å²) in [5, 5.41) is 6.64. The fourth-order valence-corrected chi connectivity index (χ4v) is 2.63. The summed E-state index contributed by atoms with van der Waals surface area (Å²) >= 11 is 0. The van der Waals surface area contributed by atoms with Crippen LogP contribution in [-0.2, 0) is 13.1 Å². The Morgan fingerprint density at radius 3 is 2.26 bits per heavy atom. The molecule has 27 heavy (non-hydrogen) atoms. The van der Waals surface area contributed by atoms with Crippen molar-refractivity contribution >= 4 is 35.6 Å². The van der Waals surface area contributed by atoms with Crippen LogP contribution in [0.4, 0.5) is 5.69 Å². The fraction of sp³-hybridized carbons (Fsp3) is 0.350. The lowest BCUT2D eigenvalue weighted by Gasteiger charge is -2.17. The van der Waals surface area contributed by atoms with Gasteiger partial charge in [0.25, 0.3) is 0 Å². The summed E-state index contributed by atoms with van der Waals surface area (Å²) in [6.45, 7) is 1.59. The van der Waals surface area contributed by atoms with E-state index in [0.717, 1.165) is 12.2 Å². The maximum atomic E-state index is 5.34. The maximum Gasteiger partial charge on any atom is 0.195 e. The molecule has 148 valence electrons. The Labute approximate surface area is 179 Å². The van der Waals surface area contributed by atoms with E-state index >= 15 is 0 Å². The van der Waals surface area contributed by atoms with Crippen molar-refractivity contribution in [2.75, 3.05) is 40.7 Å². The Morgan fingerprint density at radius 2 is 1.67 bits per heavy atom. The molecule has 2 aromatic carbocycles. The molecule has 2 rings (SSSR count). The molecule has 0 aliphatic carbocycles. The van der Waals surface area contributed by atoms with Crippen molar-refractivity contribution in [1.82, 2.24) is 10.2 Å². The Kier molecular flexibility index (Phi) is 9.95. The largest absolute Gasteiger partial charge is 0.493 e. The third-order valence-corrected chi connectivity index (χ3v) is 3.92. The Morgan fingerprint density at radius 1 is 1.00 bits per heavy atom. The molecule has 6 nitrogen and oxygen atoms in total. The van der Waals surface area contributed by atoms with Gasteiger partial charge in [0.15, 0.2) is 17.5 Å². The monoisotopic (exact) mass is 484 g/mol. The van der Waals surface area contributed by atoms with Gasteiger partial charge in [0.2, 0.25) is 0 Å². The summed E-state index contributed by atoms with van der Waals surface area (Å²) in [6, 6.07) is 14.1. The van der Waals surface area contributed by atoms with Crippen molar-refractivity contribution in [3.8, 4) is 11.5 Å². The number of benzene rings is 2. The molecule has 0 unspecified atom stereocenters. The Bertz CT molecular complexity index is 751. The highest BCUT2D eigenvalue weighted by Gasteiger charge is 2.07. The number of guanidine groups is 1. The second kappa shape index (κ2) is 11.7. The van der Waals surface area contributed by atoms with E-state index in [2.05, 4.69) is 58.9 Å². The van der Waals surface area contributed by atoms with Crippen LogP contribution in [0.15, 0.2) is 47.5 Å². The average Bonchev–Trinajstić information content (AvgIpc) is 2.65. The highest BCUT2D eigenvalue weighted by molar-refractivity contribution is 14.0. The minimum absolute atomic E-state index is 0. The molecule has 0 saturated heterocycles. The van der Waals surface area contributed by atoms with Gasteiger partial charge in [-0.15, -0.1) is 24.0 Å². The number of hydrogen-bond donors (Lipinski definition) is 2. The zero-order valence-corrected chi connectivity index (χ0v) is 18.9.